The molecule has 2 aliphatic rings. The third-order valence-electron chi connectivity index (χ3n) is 3.47. The average Bonchev–Trinajstić information content (AvgIpc) is 2.73. The van der Waals surface area contributed by atoms with E-state index in [9.17, 15) is 4.79 Å². The van der Waals surface area contributed by atoms with Gasteiger partial charge in [-0.1, -0.05) is 30.3 Å². The van der Waals surface area contributed by atoms with E-state index in [1.54, 1.807) is 0 Å². The van der Waals surface area contributed by atoms with Crippen molar-refractivity contribution < 1.29 is 4.79 Å². The molecule has 0 aromatic heterocycles. The van der Waals surface area contributed by atoms with E-state index >= 15 is 0 Å². The summed E-state index contributed by atoms with van der Waals surface area (Å²) < 4.78 is 0. The predicted octanol–water partition coefficient (Wildman–Crippen LogP) is -0.604. The summed E-state index contributed by atoms with van der Waals surface area (Å²) in [6.07, 6.45) is 3.06. The first-order valence-corrected chi connectivity index (χ1v) is 5.61. The second-order valence-electron chi connectivity index (χ2n) is 4.37. The maximum absolute atomic E-state index is 11.4. The summed E-state index contributed by atoms with van der Waals surface area (Å²) in [5.41, 5.74) is 6.60. The van der Waals surface area contributed by atoms with Gasteiger partial charge in [-0.05, 0) is 11.6 Å². The largest absolute Gasteiger partial charge is 0.370 e. The fourth-order valence-electron chi connectivity index (χ4n) is 2.70. The second kappa shape index (κ2) is 3.37. The number of hydrogen-bond donors (Lipinski definition) is 1. The Morgan fingerprint density at radius 3 is 3.00 bits per heavy atom. The second-order valence-corrected chi connectivity index (χ2v) is 4.37. The molecule has 16 heavy (non-hydrogen) atoms. The van der Waals surface area contributed by atoms with Crippen molar-refractivity contribution in [3.63, 3.8) is 0 Å². The van der Waals surface area contributed by atoms with E-state index in [0.29, 0.717) is 0 Å². The van der Waals surface area contributed by atoms with Gasteiger partial charge in [-0.2, -0.15) is 0 Å². The SMILES string of the molecule is NC(=O)C1CCN2CC=c3ccccc3=C12. The minimum absolute atomic E-state index is 0.102. The summed E-state index contributed by atoms with van der Waals surface area (Å²) in [5.74, 6) is -0.302. The fraction of sp³-hybridized carbons (Fsp3) is 0.308. The standard InChI is InChI=1S/C13H14N2O/c14-13(16)11-6-8-15-7-5-9-3-1-2-4-10(9)12(11)15/h1-5,11H,6-8H2,(H2,14,16). The molecular formula is C13H14N2O. The minimum atomic E-state index is -0.200. The van der Waals surface area contributed by atoms with Gasteiger partial charge in [0.2, 0.25) is 5.91 Å². The van der Waals surface area contributed by atoms with Crippen molar-refractivity contribution in [2.45, 2.75) is 6.42 Å². The number of primary amides is 1. The molecule has 0 saturated carbocycles. The number of benzene rings is 1. The Bertz CT molecular complexity index is 562. The number of hydrogen-bond acceptors (Lipinski definition) is 2. The van der Waals surface area contributed by atoms with Crippen LogP contribution in [0.2, 0.25) is 0 Å². The van der Waals surface area contributed by atoms with Crippen molar-refractivity contribution >= 4 is 17.7 Å². The Morgan fingerprint density at radius 1 is 1.38 bits per heavy atom. The van der Waals surface area contributed by atoms with Crippen LogP contribution in [0.3, 0.4) is 0 Å². The van der Waals surface area contributed by atoms with E-state index < -0.39 is 0 Å². The number of fused-ring (bicyclic) bond motifs is 2. The van der Waals surface area contributed by atoms with Gasteiger partial charge in [-0.15, -0.1) is 0 Å². The van der Waals surface area contributed by atoms with Crippen molar-refractivity contribution in [3.05, 3.63) is 34.7 Å². The van der Waals surface area contributed by atoms with Crippen LogP contribution >= 0.6 is 0 Å². The third kappa shape index (κ3) is 1.24. The number of nitrogens with two attached hydrogens (primary N) is 1. The van der Waals surface area contributed by atoms with Crippen LogP contribution in [0.4, 0.5) is 0 Å². The molecule has 1 fully saturated rings. The van der Waals surface area contributed by atoms with Gasteiger partial charge < -0.3 is 10.6 Å². The van der Waals surface area contributed by atoms with E-state index in [4.69, 9.17) is 5.73 Å². The number of carbonyl (C=O) groups is 1. The first kappa shape index (κ1) is 9.46. The topological polar surface area (TPSA) is 46.3 Å². The smallest absolute Gasteiger partial charge is 0.226 e. The summed E-state index contributed by atoms with van der Waals surface area (Å²) in [5, 5.41) is 2.40. The van der Waals surface area contributed by atoms with Gasteiger partial charge >= 0.3 is 0 Å². The van der Waals surface area contributed by atoms with Gasteiger partial charge in [0.05, 0.1) is 5.92 Å². The van der Waals surface area contributed by atoms with Gasteiger partial charge in [-0.3, -0.25) is 4.79 Å². The molecule has 1 unspecified atom stereocenters. The normalized spacial score (nSPS) is 22.4. The monoisotopic (exact) mass is 214 g/mol. The van der Waals surface area contributed by atoms with Crippen LogP contribution < -0.4 is 16.2 Å². The molecule has 3 rings (SSSR count). The lowest BCUT2D eigenvalue weighted by atomic mass is 10.0. The number of amides is 1. The number of carbonyl (C=O) groups excluding carboxylic acids is 1. The Hall–Kier alpha value is -1.77. The van der Waals surface area contributed by atoms with Crippen LogP contribution in [0, 0.1) is 5.92 Å². The molecule has 0 aliphatic carbocycles. The Morgan fingerprint density at radius 2 is 2.19 bits per heavy atom. The maximum atomic E-state index is 11.4. The highest BCUT2D eigenvalue weighted by Crippen LogP contribution is 2.28. The van der Waals surface area contributed by atoms with Crippen molar-refractivity contribution in [3.8, 4) is 0 Å². The van der Waals surface area contributed by atoms with Crippen molar-refractivity contribution in [1.82, 2.24) is 4.90 Å². The zero-order valence-electron chi connectivity index (χ0n) is 9.02. The van der Waals surface area contributed by atoms with E-state index in [-0.39, 0.29) is 11.8 Å². The van der Waals surface area contributed by atoms with Gasteiger partial charge in [0.25, 0.3) is 0 Å². The molecule has 2 heterocycles. The minimum Gasteiger partial charge on any atom is -0.370 e. The van der Waals surface area contributed by atoms with Crippen molar-refractivity contribution in [1.29, 1.82) is 0 Å². The van der Waals surface area contributed by atoms with E-state index in [2.05, 4.69) is 23.1 Å². The lowest BCUT2D eigenvalue weighted by Crippen LogP contribution is -2.40. The molecule has 82 valence electrons. The third-order valence-corrected chi connectivity index (χ3v) is 3.47. The van der Waals surface area contributed by atoms with Crippen LogP contribution in [-0.2, 0) is 4.79 Å². The van der Waals surface area contributed by atoms with Crippen LogP contribution in [0.5, 0.6) is 0 Å². The zero-order valence-corrected chi connectivity index (χ0v) is 9.02. The Kier molecular flexibility index (Phi) is 1.99. The molecule has 2 aliphatic heterocycles. The molecule has 1 aromatic rings. The molecule has 2 N–H and O–H groups in total. The number of rotatable bonds is 1. The summed E-state index contributed by atoms with van der Waals surface area (Å²) in [6, 6.07) is 8.21. The highest BCUT2D eigenvalue weighted by Gasteiger charge is 2.32. The Balaban J connectivity index is 2.30. The van der Waals surface area contributed by atoms with Gasteiger partial charge in [0.15, 0.2) is 0 Å². The predicted molar refractivity (Wildman–Crippen MR) is 62.4 cm³/mol. The van der Waals surface area contributed by atoms with Crippen LogP contribution in [0.15, 0.2) is 24.3 Å². The highest BCUT2D eigenvalue weighted by atomic mass is 16.1. The van der Waals surface area contributed by atoms with E-state index in [1.807, 2.05) is 12.1 Å². The summed E-state index contributed by atoms with van der Waals surface area (Å²) in [7, 11) is 0. The molecule has 0 bridgehead atoms. The molecule has 3 nitrogen and oxygen atoms in total. The van der Waals surface area contributed by atoms with Gasteiger partial charge in [0, 0.05) is 24.0 Å². The first-order valence-electron chi connectivity index (χ1n) is 5.61. The lowest BCUT2D eigenvalue weighted by molar-refractivity contribution is -0.120. The lowest BCUT2D eigenvalue weighted by Gasteiger charge is -2.23. The van der Waals surface area contributed by atoms with E-state index in [0.717, 1.165) is 25.2 Å². The average molecular weight is 214 g/mol. The summed E-state index contributed by atoms with van der Waals surface area (Å²) in [6.45, 7) is 1.84. The molecular weight excluding hydrogens is 200 g/mol. The van der Waals surface area contributed by atoms with Gasteiger partial charge in [-0.25, -0.2) is 0 Å². The van der Waals surface area contributed by atoms with Crippen LogP contribution in [0.1, 0.15) is 6.42 Å². The molecule has 0 spiro atoms. The van der Waals surface area contributed by atoms with Crippen LogP contribution in [-0.4, -0.2) is 23.9 Å². The quantitative estimate of drug-likeness (QED) is 0.678. The summed E-state index contributed by atoms with van der Waals surface area (Å²) >= 11 is 0. The highest BCUT2D eigenvalue weighted by molar-refractivity contribution is 5.87. The van der Waals surface area contributed by atoms with Crippen molar-refractivity contribution in [2.24, 2.45) is 11.7 Å². The van der Waals surface area contributed by atoms with Gasteiger partial charge in [0.1, 0.15) is 0 Å². The fourth-order valence-corrected chi connectivity index (χ4v) is 2.70. The first-order chi connectivity index (χ1) is 7.77. The molecule has 0 radical (unpaired) electrons. The zero-order chi connectivity index (χ0) is 11.1. The van der Waals surface area contributed by atoms with Crippen LogP contribution in [0.25, 0.3) is 11.8 Å². The maximum Gasteiger partial charge on any atom is 0.226 e. The molecule has 1 saturated heterocycles. The summed E-state index contributed by atoms with van der Waals surface area (Å²) in [4.78, 5) is 13.7. The van der Waals surface area contributed by atoms with E-state index in [1.165, 1.54) is 10.4 Å². The molecule has 1 atom stereocenters. The Labute approximate surface area is 93.9 Å². The number of nitrogens with zero attached hydrogens (tertiary/aromatic N) is 1. The molecule has 1 amide bonds. The van der Waals surface area contributed by atoms with Crippen molar-refractivity contribution in [2.75, 3.05) is 13.1 Å². The molecule has 1 aromatic carbocycles. The molecule has 3 heteroatoms.